The molecule has 0 aliphatic rings. The van der Waals surface area contributed by atoms with Crippen LogP contribution in [-0.2, 0) is 9.53 Å². The summed E-state index contributed by atoms with van der Waals surface area (Å²) in [5, 5.41) is 14.1. The van der Waals surface area contributed by atoms with Crippen molar-refractivity contribution in [2.45, 2.75) is 12.1 Å². The number of amides is 1. The summed E-state index contributed by atoms with van der Waals surface area (Å²) >= 11 is 2.33. The van der Waals surface area contributed by atoms with E-state index < -0.39 is 5.97 Å². The molecule has 0 aliphatic carbocycles. The Labute approximate surface area is 181 Å². The Hall–Kier alpha value is -3.42. The molecule has 8 nitrogen and oxygen atoms in total. The summed E-state index contributed by atoms with van der Waals surface area (Å²) in [5.74, 6) is -0.764. The molecule has 3 N–H and O–H groups in total. The van der Waals surface area contributed by atoms with Crippen LogP contribution in [0.15, 0.2) is 47.1 Å². The first-order valence-corrected chi connectivity index (χ1v) is 10.7. The third kappa shape index (κ3) is 4.94. The number of nitrogen functional groups attached to an aromatic ring is 1. The maximum Gasteiger partial charge on any atom is 0.341 e. The van der Waals surface area contributed by atoms with Crippen molar-refractivity contribution in [3.05, 3.63) is 53.0 Å². The van der Waals surface area contributed by atoms with E-state index in [-0.39, 0.29) is 34.8 Å². The normalized spacial score (nSPS) is 10.3. The summed E-state index contributed by atoms with van der Waals surface area (Å²) in [7, 11) is 0. The van der Waals surface area contributed by atoms with Crippen molar-refractivity contribution in [1.29, 1.82) is 5.26 Å². The molecule has 0 aliphatic heterocycles. The molecule has 3 aromatic rings. The number of thioether (sulfide) groups is 1. The minimum atomic E-state index is -0.497. The lowest BCUT2D eigenvalue weighted by Crippen LogP contribution is -2.16. The number of ether oxygens (including phenoxy) is 1. The van der Waals surface area contributed by atoms with Crippen LogP contribution in [0.1, 0.15) is 22.8 Å². The summed E-state index contributed by atoms with van der Waals surface area (Å²) in [5.41, 5.74) is 7.72. The van der Waals surface area contributed by atoms with Gasteiger partial charge in [0.05, 0.1) is 18.6 Å². The SMILES string of the molecule is CCOC(=O)c1c(-c2ccccc2)csc1NC(=O)CSc1ncc(C#N)c(N)n1. The van der Waals surface area contributed by atoms with E-state index >= 15 is 0 Å². The molecule has 0 atom stereocenters. The molecule has 0 unspecified atom stereocenters. The fourth-order valence-corrected chi connectivity index (χ4v) is 4.11. The van der Waals surface area contributed by atoms with Crippen LogP contribution in [0.5, 0.6) is 0 Å². The van der Waals surface area contributed by atoms with Gasteiger partial charge in [0, 0.05) is 10.9 Å². The highest BCUT2D eigenvalue weighted by Gasteiger charge is 2.22. The molecule has 3 rings (SSSR count). The zero-order valence-electron chi connectivity index (χ0n) is 15.9. The number of nitriles is 1. The molecule has 2 aromatic heterocycles. The van der Waals surface area contributed by atoms with E-state index in [1.165, 1.54) is 17.5 Å². The summed E-state index contributed by atoms with van der Waals surface area (Å²) in [4.78, 5) is 33.0. The van der Waals surface area contributed by atoms with Crippen molar-refractivity contribution in [1.82, 2.24) is 9.97 Å². The van der Waals surface area contributed by atoms with Crippen LogP contribution in [0.2, 0.25) is 0 Å². The topological polar surface area (TPSA) is 131 Å². The molecule has 0 bridgehead atoms. The summed E-state index contributed by atoms with van der Waals surface area (Å²) < 4.78 is 5.19. The van der Waals surface area contributed by atoms with Gasteiger partial charge in [-0.2, -0.15) is 5.26 Å². The number of thiophene rings is 1. The highest BCUT2D eigenvalue weighted by molar-refractivity contribution is 7.99. The van der Waals surface area contributed by atoms with Gasteiger partial charge >= 0.3 is 5.97 Å². The maximum absolute atomic E-state index is 12.5. The summed E-state index contributed by atoms with van der Waals surface area (Å²) in [6.45, 7) is 1.95. The molecule has 0 radical (unpaired) electrons. The second-order valence-corrected chi connectivity index (χ2v) is 7.66. The lowest BCUT2D eigenvalue weighted by Gasteiger charge is -2.09. The van der Waals surface area contributed by atoms with Crippen LogP contribution in [0, 0.1) is 11.3 Å². The third-order valence-corrected chi connectivity index (χ3v) is 5.61. The number of aromatic nitrogens is 2. The third-order valence-electron chi connectivity index (χ3n) is 3.86. The van der Waals surface area contributed by atoms with Gasteiger partial charge in [-0.3, -0.25) is 4.79 Å². The van der Waals surface area contributed by atoms with Gasteiger partial charge in [0.2, 0.25) is 5.91 Å². The molecule has 2 heterocycles. The Morgan fingerprint density at radius 1 is 1.33 bits per heavy atom. The first kappa shape index (κ1) is 21.3. The quantitative estimate of drug-likeness (QED) is 0.324. The van der Waals surface area contributed by atoms with E-state index in [4.69, 9.17) is 15.7 Å². The molecule has 0 saturated heterocycles. The second-order valence-electron chi connectivity index (χ2n) is 5.84. The molecule has 152 valence electrons. The minimum absolute atomic E-state index is 0.00613. The first-order valence-electron chi connectivity index (χ1n) is 8.82. The number of carbonyl (C=O) groups excluding carboxylic acids is 2. The minimum Gasteiger partial charge on any atom is -0.462 e. The number of anilines is 2. The predicted molar refractivity (Wildman–Crippen MR) is 116 cm³/mol. The van der Waals surface area contributed by atoms with Crippen molar-refractivity contribution in [2.24, 2.45) is 0 Å². The van der Waals surface area contributed by atoms with E-state index in [0.717, 1.165) is 17.3 Å². The number of benzene rings is 1. The fourth-order valence-electron chi connectivity index (χ4n) is 2.51. The van der Waals surface area contributed by atoms with Crippen LogP contribution in [0.3, 0.4) is 0 Å². The van der Waals surface area contributed by atoms with E-state index in [1.807, 2.05) is 41.8 Å². The Morgan fingerprint density at radius 3 is 2.77 bits per heavy atom. The van der Waals surface area contributed by atoms with E-state index in [0.29, 0.717) is 16.1 Å². The molecule has 10 heteroatoms. The lowest BCUT2D eigenvalue weighted by molar-refractivity contribution is -0.113. The predicted octanol–water partition coefficient (Wildman–Crippen LogP) is 3.57. The lowest BCUT2D eigenvalue weighted by atomic mass is 10.0. The standard InChI is InChI=1S/C20H17N5O3S2/c1-2-28-19(27)16-14(12-6-4-3-5-7-12)10-29-18(16)24-15(26)11-30-20-23-9-13(8-21)17(22)25-20/h3-7,9-10H,2,11H2,1H3,(H,24,26)(H2,22,23,25). The van der Waals surface area contributed by atoms with Crippen molar-refractivity contribution in [3.63, 3.8) is 0 Å². The second kappa shape index (κ2) is 9.87. The first-order chi connectivity index (χ1) is 14.5. The van der Waals surface area contributed by atoms with Gasteiger partial charge in [0.15, 0.2) is 5.16 Å². The number of carbonyl (C=O) groups is 2. The molecule has 0 spiro atoms. The van der Waals surface area contributed by atoms with Crippen molar-refractivity contribution >= 4 is 45.8 Å². The highest BCUT2D eigenvalue weighted by Crippen LogP contribution is 2.36. The van der Waals surface area contributed by atoms with Gasteiger partial charge in [-0.1, -0.05) is 42.1 Å². The van der Waals surface area contributed by atoms with Gasteiger partial charge in [-0.15, -0.1) is 11.3 Å². The average Bonchev–Trinajstić information content (AvgIpc) is 3.16. The molecule has 0 saturated carbocycles. The van der Waals surface area contributed by atoms with E-state index in [9.17, 15) is 9.59 Å². The average molecular weight is 440 g/mol. The number of hydrogen-bond donors (Lipinski definition) is 2. The Balaban J connectivity index is 1.76. The largest absolute Gasteiger partial charge is 0.462 e. The Bertz CT molecular complexity index is 1110. The number of nitrogens with two attached hydrogens (primary N) is 1. The van der Waals surface area contributed by atoms with Crippen LogP contribution >= 0.6 is 23.1 Å². The monoisotopic (exact) mass is 439 g/mol. The van der Waals surface area contributed by atoms with Crippen LogP contribution < -0.4 is 11.1 Å². The number of nitrogens with zero attached hydrogens (tertiary/aromatic N) is 3. The number of hydrogen-bond acceptors (Lipinski definition) is 9. The molecule has 0 fully saturated rings. The van der Waals surface area contributed by atoms with Gasteiger partial charge in [0.1, 0.15) is 28.0 Å². The summed E-state index contributed by atoms with van der Waals surface area (Å²) in [6, 6.07) is 11.3. The van der Waals surface area contributed by atoms with Crippen molar-refractivity contribution < 1.29 is 14.3 Å². The van der Waals surface area contributed by atoms with Gasteiger partial charge in [-0.05, 0) is 12.5 Å². The highest BCUT2D eigenvalue weighted by atomic mass is 32.2. The van der Waals surface area contributed by atoms with E-state index in [2.05, 4.69) is 15.3 Å². The molecule has 1 amide bonds. The fraction of sp³-hybridized carbons (Fsp3) is 0.150. The number of esters is 1. The molecular weight excluding hydrogens is 422 g/mol. The summed E-state index contributed by atoms with van der Waals surface area (Å²) in [6.07, 6.45) is 1.31. The molecule has 30 heavy (non-hydrogen) atoms. The van der Waals surface area contributed by atoms with Gasteiger partial charge < -0.3 is 15.8 Å². The maximum atomic E-state index is 12.5. The smallest absolute Gasteiger partial charge is 0.341 e. The van der Waals surface area contributed by atoms with Crippen molar-refractivity contribution in [2.75, 3.05) is 23.4 Å². The van der Waals surface area contributed by atoms with Crippen LogP contribution in [0.4, 0.5) is 10.8 Å². The van der Waals surface area contributed by atoms with E-state index in [1.54, 1.807) is 6.92 Å². The van der Waals surface area contributed by atoms with Crippen LogP contribution in [-0.4, -0.2) is 34.2 Å². The van der Waals surface area contributed by atoms with Crippen LogP contribution in [0.25, 0.3) is 11.1 Å². The molecule has 1 aromatic carbocycles. The number of rotatable bonds is 7. The van der Waals surface area contributed by atoms with Gasteiger partial charge in [0.25, 0.3) is 0 Å². The number of nitrogens with one attached hydrogen (secondary N) is 1. The Morgan fingerprint density at radius 2 is 2.10 bits per heavy atom. The van der Waals surface area contributed by atoms with Crippen molar-refractivity contribution in [3.8, 4) is 17.2 Å². The zero-order valence-corrected chi connectivity index (χ0v) is 17.5. The molecular formula is C20H17N5O3S2. The Kier molecular flexibility index (Phi) is 7.00. The zero-order chi connectivity index (χ0) is 21.5. The van der Waals surface area contributed by atoms with Gasteiger partial charge in [-0.25, -0.2) is 14.8 Å².